The Hall–Kier alpha value is -4.32. The van der Waals surface area contributed by atoms with Crippen LogP contribution in [0.15, 0.2) is 72.9 Å². The van der Waals surface area contributed by atoms with Crippen LogP contribution in [0.1, 0.15) is 31.8 Å². The first-order chi connectivity index (χ1) is 16.5. The molecule has 0 saturated carbocycles. The molecular weight excluding hydrogens is 430 g/mol. The van der Waals surface area contributed by atoms with Gasteiger partial charge in [-0.2, -0.15) is 0 Å². The molecule has 0 spiro atoms. The van der Waals surface area contributed by atoms with Gasteiger partial charge in [-0.25, -0.2) is 0 Å². The van der Waals surface area contributed by atoms with E-state index in [1.54, 1.807) is 29.0 Å². The zero-order valence-corrected chi connectivity index (χ0v) is 19.5. The first-order valence-corrected chi connectivity index (χ1v) is 10.7. The van der Waals surface area contributed by atoms with Crippen LogP contribution in [0.25, 0.3) is 17.0 Å². The molecule has 0 aliphatic heterocycles. The fraction of sp³-hybridized carbons (Fsp3) is 0.143. The summed E-state index contributed by atoms with van der Waals surface area (Å²) in [6, 6.07) is 18.3. The summed E-state index contributed by atoms with van der Waals surface area (Å²) in [5.74, 6) is 0.868. The number of fused-ring (bicyclic) bond motifs is 1. The van der Waals surface area contributed by atoms with Crippen molar-refractivity contribution in [3.05, 3.63) is 95.2 Å². The van der Waals surface area contributed by atoms with E-state index in [1.165, 1.54) is 27.4 Å². The summed E-state index contributed by atoms with van der Waals surface area (Å²) in [5.41, 5.74) is 3.46. The second kappa shape index (κ2) is 9.67. The highest BCUT2D eigenvalue weighted by molar-refractivity contribution is 6.10. The zero-order valence-electron chi connectivity index (χ0n) is 19.5. The average Bonchev–Trinajstić information content (AvgIpc) is 3.24. The molecule has 3 aromatic carbocycles. The van der Waals surface area contributed by atoms with E-state index in [2.05, 4.69) is 0 Å². The maximum absolute atomic E-state index is 13.3. The molecule has 0 fully saturated rings. The first kappa shape index (κ1) is 22.9. The number of aromatic nitrogens is 1. The van der Waals surface area contributed by atoms with Crippen LogP contribution in [0.5, 0.6) is 17.2 Å². The lowest BCUT2D eigenvalue weighted by atomic mass is 10.1. The van der Waals surface area contributed by atoms with Crippen LogP contribution in [0.2, 0.25) is 0 Å². The number of allylic oxidation sites excluding steroid dienone is 1. The predicted octanol–water partition coefficient (Wildman–Crippen LogP) is 5.56. The Labute approximate surface area is 198 Å². The molecule has 0 N–H and O–H groups in total. The van der Waals surface area contributed by atoms with Gasteiger partial charge in [-0.05, 0) is 48.9 Å². The molecular formula is C28H25NO5. The number of ether oxygens (including phenoxy) is 3. The number of aryl methyl sites for hydroxylation is 1. The second-order valence-electron chi connectivity index (χ2n) is 7.70. The van der Waals surface area contributed by atoms with Gasteiger partial charge in [0, 0.05) is 28.3 Å². The molecule has 4 rings (SSSR count). The lowest BCUT2D eigenvalue weighted by Crippen LogP contribution is -2.12. The fourth-order valence-corrected chi connectivity index (χ4v) is 3.93. The molecule has 34 heavy (non-hydrogen) atoms. The Balaban J connectivity index is 1.72. The summed E-state index contributed by atoms with van der Waals surface area (Å²) in [4.78, 5) is 26.3. The van der Waals surface area contributed by atoms with Crippen LogP contribution in [-0.4, -0.2) is 37.6 Å². The third kappa shape index (κ3) is 4.18. The summed E-state index contributed by atoms with van der Waals surface area (Å²) in [6.45, 7) is 1.91. The molecule has 6 nitrogen and oxygen atoms in total. The summed E-state index contributed by atoms with van der Waals surface area (Å²) in [5, 5.41) is 0.873. The highest BCUT2D eigenvalue weighted by Gasteiger charge is 2.17. The molecule has 0 bridgehead atoms. The lowest BCUT2D eigenvalue weighted by molar-refractivity contribution is 0.0963. The normalized spacial score (nSPS) is 11.1. The van der Waals surface area contributed by atoms with E-state index in [0.717, 1.165) is 22.0 Å². The van der Waals surface area contributed by atoms with Crippen LogP contribution in [-0.2, 0) is 0 Å². The van der Waals surface area contributed by atoms with E-state index in [1.807, 2.05) is 55.5 Å². The molecule has 0 aliphatic rings. The Morgan fingerprint density at radius 2 is 1.50 bits per heavy atom. The van der Waals surface area contributed by atoms with Gasteiger partial charge in [0.15, 0.2) is 17.3 Å². The van der Waals surface area contributed by atoms with Gasteiger partial charge in [0.05, 0.1) is 26.8 Å². The van der Waals surface area contributed by atoms with E-state index in [-0.39, 0.29) is 11.7 Å². The number of nitrogens with zero attached hydrogens (tertiary/aromatic N) is 1. The largest absolute Gasteiger partial charge is 0.493 e. The minimum atomic E-state index is -0.235. The number of carbonyl (C=O) groups excluding carboxylic acids is 2. The van der Waals surface area contributed by atoms with Crippen molar-refractivity contribution >= 4 is 28.7 Å². The van der Waals surface area contributed by atoms with Crippen LogP contribution >= 0.6 is 0 Å². The van der Waals surface area contributed by atoms with E-state index in [4.69, 9.17) is 14.2 Å². The zero-order chi connectivity index (χ0) is 24.2. The Bertz CT molecular complexity index is 1390. The molecule has 0 aliphatic carbocycles. The van der Waals surface area contributed by atoms with E-state index < -0.39 is 0 Å². The summed E-state index contributed by atoms with van der Waals surface area (Å²) in [6.07, 6.45) is 4.96. The number of hydrogen-bond acceptors (Lipinski definition) is 5. The molecule has 1 aromatic heterocycles. The minimum Gasteiger partial charge on any atom is -0.493 e. The van der Waals surface area contributed by atoms with E-state index >= 15 is 0 Å². The van der Waals surface area contributed by atoms with Gasteiger partial charge >= 0.3 is 0 Å². The molecule has 1 heterocycles. The molecule has 4 aromatic rings. The molecule has 172 valence electrons. The van der Waals surface area contributed by atoms with Crippen molar-refractivity contribution in [3.63, 3.8) is 0 Å². The summed E-state index contributed by atoms with van der Waals surface area (Å²) < 4.78 is 17.7. The lowest BCUT2D eigenvalue weighted by Gasteiger charge is -2.13. The van der Waals surface area contributed by atoms with Gasteiger partial charge in [-0.15, -0.1) is 0 Å². The maximum atomic E-state index is 13.3. The number of benzene rings is 3. The number of methoxy groups -OCH3 is 3. The summed E-state index contributed by atoms with van der Waals surface area (Å²) >= 11 is 0. The quantitative estimate of drug-likeness (QED) is 0.270. The van der Waals surface area contributed by atoms with Crippen LogP contribution in [0.3, 0.4) is 0 Å². The minimum absolute atomic E-state index is 0.120. The van der Waals surface area contributed by atoms with Crippen molar-refractivity contribution in [2.75, 3.05) is 21.3 Å². The van der Waals surface area contributed by atoms with Gasteiger partial charge in [-0.3, -0.25) is 14.2 Å². The second-order valence-corrected chi connectivity index (χ2v) is 7.70. The van der Waals surface area contributed by atoms with Crippen molar-refractivity contribution in [1.29, 1.82) is 0 Å². The number of hydrogen-bond donors (Lipinski definition) is 0. The monoisotopic (exact) mass is 455 g/mol. The van der Waals surface area contributed by atoms with Gasteiger partial charge in [0.1, 0.15) is 0 Å². The average molecular weight is 456 g/mol. The standard InChI is InChI=1S/C28H25NO5/c1-18-9-5-6-10-21(18)28(31)29-17-19(22-11-7-8-12-23(22)29)13-14-24(30)20-15-25(32-2)27(34-4)26(16-20)33-3/h5-17H,1-4H3. The van der Waals surface area contributed by atoms with Crippen molar-refractivity contribution < 1.29 is 23.8 Å². The first-order valence-electron chi connectivity index (χ1n) is 10.7. The van der Waals surface area contributed by atoms with Crippen molar-refractivity contribution in [1.82, 2.24) is 4.57 Å². The van der Waals surface area contributed by atoms with Gasteiger partial charge in [-0.1, -0.05) is 36.4 Å². The van der Waals surface area contributed by atoms with Crippen LogP contribution in [0.4, 0.5) is 0 Å². The van der Waals surface area contributed by atoms with Gasteiger partial charge < -0.3 is 14.2 Å². The Morgan fingerprint density at radius 3 is 2.15 bits per heavy atom. The Kier molecular flexibility index (Phi) is 6.50. The van der Waals surface area contributed by atoms with Crippen LogP contribution in [0, 0.1) is 6.92 Å². The number of rotatable bonds is 7. The highest BCUT2D eigenvalue weighted by Crippen LogP contribution is 2.38. The van der Waals surface area contributed by atoms with Crippen molar-refractivity contribution in [2.45, 2.75) is 6.92 Å². The molecule has 0 amide bonds. The number of ketones is 1. The Morgan fingerprint density at radius 1 is 0.853 bits per heavy atom. The molecule has 0 radical (unpaired) electrons. The van der Waals surface area contributed by atoms with Crippen molar-refractivity contribution in [3.8, 4) is 17.2 Å². The van der Waals surface area contributed by atoms with Gasteiger partial charge in [0.25, 0.3) is 5.91 Å². The third-order valence-corrected chi connectivity index (χ3v) is 5.70. The fourth-order valence-electron chi connectivity index (χ4n) is 3.93. The third-order valence-electron chi connectivity index (χ3n) is 5.70. The molecule has 0 atom stereocenters. The highest BCUT2D eigenvalue weighted by atomic mass is 16.5. The summed E-state index contributed by atoms with van der Waals surface area (Å²) in [7, 11) is 4.51. The SMILES string of the molecule is COc1cc(C(=O)C=Cc2cn(C(=O)c3ccccc3C)c3ccccc23)cc(OC)c1OC. The topological polar surface area (TPSA) is 66.8 Å². The van der Waals surface area contributed by atoms with E-state index in [9.17, 15) is 9.59 Å². The van der Waals surface area contributed by atoms with Crippen molar-refractivity contribution in [2.24, 2.45) is 0 Å². The molecule has 0 unspecified atom stereocenters. The molecule has 6 heteroatoms. The number of para-hydroxylation sites is 1. The number of carbonyl (C=O) groups is 2. The van der Waals surface area contributed by atoms with Gasteiger partial charge in [0.2, 0.25) is 5.75 Å². The predicted molar refractivity (Wildman–Crippen MR) is 132 cm³/mol. The smallest absolute Gasteiger partial charge is 0.262 e. The molecule has 0 saturated heterocycles. The van der Waals surface area contributed by atoms with Crippen LogP contribution < -0.4 is 14.2 Å². The maximum Gasteiger partial charge on any atom is 0.262 e. The van der Waals surface area contributed by atoms with E-state index in [0.29, 0.717) is 28.4 Å².